The Morgan fingerprint density at radius 1 is 0.433 bits per heavy atom. The molecule has 2 aromatic heterocycles. The minimum atomic E-state index is -1.92. The average molecular weight is 1770 g/mol. The number of aromatic nitrogens is 2. The van der Waals surface area contributed by atoms with Gasteiger partial charge < -0.3 is 120 Å². The van der Waals surface area contributed by atoms with Gasteiger partial charge in [0.2, 0.25) is 76.8 Å². The number of para-hydroxylation sites is 2. The maximum atomic E-state index is 14.8. The van der Waals surface area contributed by atoms with E-state index in [4.69, 9.17) is 10.5 Å². The molecule has 0 saturated heterocycles. The molecular weight excluding hydrogens is 1660 g/mol. The lowest BCUT2D eigenvalue weighted by Crippen LogP contribution is -2.61. The summed E-state index contributed by atoms with van der Waals surface area (Å²) >= 11 is 4.14. The molecule has 1 aliphatic carbocycles. The zero-order chi connectivity index (χ0) is 92.0. The van der Waals surface area contributed by atoms with Crippen LogP contribution in [0.5, 0.6) is 5.75 Å². The molecule has 127 heavy (non-hydrogen) atoms. The Bertz CT molecular complexity index is 5180. The summed E-state index contributed by atoms with van der Waals surface area (Å²) in [5.41, 5.74) is 12.7. The van der Waals surface area contributed by atoms with E-state index in [1.54, 1.807) is 106 Å². The van der Waals surface area contributed by atoms with E-state index < -0.39 is 213 Å². The first kappa shape index (κ1) is 97.1. The number of carboxylic acid groups (broad SMARTS) is 1. The van der Waals surface area contributed by atoms with Gasteiger partial charge in [0, 0.05) is 90.6 Å². The number of carbonyl (C=O) groups is 15. The number of aliphatic hydroxyl groups excluding tert-OH is 3. The van der Waals surface area contributed by atoms with Crippen LogP contribution in [0.4, 0.5) is 4.79 Å². The molecule has 8 aromatic rings. The second kappa shape index (κ2) is 47.4. The zero-order valence-corrected chi connectivity index (χ0v) is 71.0. The number of aliphatic carboxylic acids is 1. The zero-order valence-electron chi connectivity index (χ0n) is 70.1. The third kappa shape index (κ3) is 28.4. The van der Waals surface area contributed by atoms with Gasteiger partial charge in [0.1, 0.15) is 79.3 Å². The molecule has 0 fully saturated rings. The highest BCUT2D eigenvalue weighted by Crippen LogP contribution is 2.44. The number of nitrogens with one attached hydrogen (secondary N) is 16. The lowest BCUT2D eigenvalue weighted by molar-refractivity contribution is -0.139. The number of H-pyrrole nitrogens is 2. The number of phenols is 1. The monoisotopic (exact) mass is 1770 g/mol. The summed E-state index contributed by atoms with van der Waals surface area (Å²) in [7, 11) is 0. The van der Waals surface area contributed by atoms with E-state index in [0.717, 1.165) is 29.2 Å². The van der Waals surface area contributed by atoms with E-state index in [1.165, 1.54) is 30.5 Å². The number of thiol groups is 1. The van der Waals surface area contributed by atoms with Crippen molar-refractivity contribution in [3.63, 3.8) is 0 Å². The molecule has 0 radical (unpaired) electrons. The Balaban J connectivity index is 0.858. The number of aliphatic hydroxyl groups is 3. The molecule has 0 spiro atoms. The first-order valence-electron chi connectivity index (χ1n) is 41.1. The molecular formula is C88H107N17O21S. The first-order chi connectivity index (χ1) is 60.8. The van der Waals surface area contributed by atoms with Gasteiger partial charge >= 0.3 is 12.1 Å². The van der Waals surface area contributed by atoms with E-state index in [2.05, 4.69) is 97.0 Å². The number of aromatic hydroxyl groups is 1. The number of hydrogen-bond donors (Lipinski definition) is 23. The Morgan fingerprint density at radius 3 is 1.35 bits per heavy atom. The molecule has 39 heteroatoms. The van der Waals surface area contributed by atoms with Gasteiger partial charge in [0.15, 0.2) is 0 Å². The Hall–Kier alpha value is -13.8. The number of fused-ring (bicyclic) bond motifs is 5. The van der Waals surface area contributed by atoms with E-state index in [1.807, 2.05) is 48.5 Å². The topological polar surface area (TPSA) is 592 Å². The third-order valence-electron chi connectivity index (χ3n) is 20.9. The summed E-state index contributed by atoms with van der Waals surface area (Å²) in [5, 5.41) is 88.0. The number of nitrogens with two attached hydrogens (primary N) is 1. The number of carboxylic acids is 1. The maximum absolute atomic E-state index is 14.8. The van der Waals surface area contributed by atoms with Gasteiger partial charge in [0.25, 0.3) is 0 Å². The molecule has 676 valence electrons. The van der Waals surface area contributed by atoms with Crippen LogP contribution in [0, 0.1) is 5.92 Å². The number of ether oxygens (including phenoxy) is 1. The highest BCUT2D eigenvalue weighted by atomic mass is 32.1. The number of hydrogen-bond acceptors (Lipinski definition) is 22. The molecule has 14 amide bonds. The normalized spacial score (nSPS) is 14.4. The summed E-state index contributed by atoms with van der Waals surface area (Å²) in [6.45, 7) is 1.80. The van der Waals surface area contributed by atoms with Crippen molar-refractivity contribution in [2.75, 3.05) is 51.8 Å². The van der Waals surface area contributed by atoms with Gasteiger partial charge in [-0.3, -0.25) is 67.1 Å². The molecule has 0 saturated carbocycles. The second-order valence-corrected chi connectivity index (χ2v) is 31.4. The van der Waals surface area contributed by atoms with Gasteiger partial charge in [-0.1, -0.05) is 141 Å². The fourth-order valence-electron chi connectivity index (χ4n) is 14.2. The van der Waals surface area contributed by atoms with Crippen LogP contribution in [-0.2, 0) is 97.5 Å². The maximum Gasteiger partial charge on any atom is 0.407 e. The molecule has 0 unspecified atom stereocenters. The number of alkyl carbamates (subject to hydrolysis) is 1. The second-order valence-electron chi connectivity index (χ2n) is 31.0. The van der Waals surface area contributed by atoms with Crippen molar-refractivity contribution in [3.8, 4) is 16.9 Å². The van der Waals surface area contributed by atoms with Crippen molar-refractivity contribution in [2.45, 2.75) is 151 Å². The van der Waals surface area contributed by atoms with Crippen LogP contribution in [0.1, 0.15) is 86.3 Å². The van der Waals surface area contributed by atoms with E-state index in [-0.39, 0.29) is 62.7 Å². The van der Waals surface area contributed by atoms with E-state index in [9.17, 15) is 97.5 Å². The van der Waals surface area contributed by atoms with Gasteiger partial charge in [-0.05, 0) is 101 Å². The predicted octanol–water partition coefficient (Wildman–Crippen LogP) is -1.09. The van der Waals surface area contributed by atoms with Crippen LogP contribution in [0.25, 0.3) is 32.9 Å². The van der Waals surface area contributed by atoms with Crippen LogP contribution >= 0.6 is 12.6 Å². The van der Waals surface area contributed by atoms with Crippen molar-refractivity contribution < 1.29 is 102 Å². The average Bonchev–Trinajstić information content (AvgIpc) is 1.62. The highest BCUT2D eigenvalue weighted by molar-refractivity contribution is 7.80. The van der Waals surface area contributed by atoms with Crippen molar-refractivity contribution >= 4 is 123 Å². The minimum absolute atomic E-state index is 0.0267. The summed E-state index contributed by atoms with van der Waals surface area (Å²) < 4.78 is 5.55. The highest BCUT2D eigenvalue weighted by Gasteiger charge is 2.39. The fraction of sp³-hybridized carbons (Fsp3) is 0.375. The lowest BCUT2D eigenvalue weighted by Gasteiger charge is -2.28. The number of aromatic amines is 2. The van der Waals surface area contributed by atoms with Gasteiger partial charge in [0.05, 0.1) is 32.4 Å². The Labute approximate surface area is 735 Å². The molecule has 0 bridgehead atoms. The molecule has 38 nitrogen and oxygen atoms in total. The van der Waals surface area contributed by atoms with Crippen LogP contribution in [0.2, 0.25) is 0 Å². The number of carbonyl (C=O) groups excluding carboxylic acids is 14. The van der Waals surface area contributed by atoms with Crippen LogP contribution in [0.15, 0.2) is 164 Å². The number of benzene rings is 6. The standard InChI is InChI=1S/C88H107N17O21S/c1-47(2)32-65(99-84(121)70(43-106)103-81(118)67(33-50-16-6-5-7-17-50)100-82(119)68(35-52-38-90-62-24-14-12-18-55(52)62)97-74(111)41-92-73(110)40-94-88(125)126-45-61-59-22-10-8-20-57(59)58-21-9-11-23-60(58)61)79(116)98-64(30-31-76(113)114)78(115)101-69(36-53-39-91-63-25-15-13-19-56(53)63)83(120)105-77(49(4)108)87(124)93-42-75(112)96-66(34-51-26-28-54(109)29-27-51)80(117)102-71(44-107)85(122)104-72(46-127)86(123)95-48(3)37-89/h5-29,38-39,47-49,61,64-72,77,90-91,106-109,127H,30-37,40-46,89H2,1-4H3,(H,92,110)(H,93,124)(H,94,125)(H,95,123)(H,96,112)(H,97,111)(H,98,116)(H,99,121)(H,100,119)(H,101,115)(H,102,117)(H,103,118)(H,104,122)(H,105,120)(H,113,114)/t48-,49+,64-,65-,66-,67-,68-,69-,70-,71-,72-,77-/m0/s1. The quantitative estimate of drug-likeness (QED) is 0.0202. The van der Waals surface area contributed by atoms with Crippen LogP contribution in [0.3, 0.4) is 0 Å². The van der Waals surface area contributed by atoms with Crippen molar-refractivity contribution in [2.24, 2.45) is 11.7 Å². The Kier molecular flexibility index (Phi) is 36.2. The first-order valence-corrected chi connectivity index (χ1v) is 41.8. The molecule has 12 atom stereocenters. The molecule has 2 heterocycles. The minimum Gasteiger partial charge on any atom is -0.508 e. The molecule has 9 rings (SSSR count). The molecule has 1 aliphatic rings. The van der Waals surface area contributed by atoms with Crippen molar-refractivity contribution in [3.05, 3.63) is 197 Å². The predicted molar refractivity (Wildman–Crippen MR) is 467 cm³/mol. The smallest absolute Gasteiger partial charge is 0.407 e. The number of rotatable bonds is 47. The number of amides is 14. The summed E-state index contributed by atoms with van der Waals surface area (Å²) in [4.78, 5) is 215. The van der Waals surface area contributed by atoms with Crippen LogP contribution < -0.4 is 80.2 Å². The molecule has 6 aromatic carbocycles. The number of phenolic OH excluding ortho intramolecular Hbond substituents is 1. The van der Waals surface area contributed by atoms with E-state index in [0.29, 0.717) is 44.1 Å². The summed E-state index contributed by atoms with van der Waals surface area (Å²) in [6.07, 6.45) is -2.20. The Morgan fingerprint density at radius 2 is 0.843 bits per heavy atom. The van der Waals surface area contributed by atoms with Gasteiger partial charge in [-0.25, -0.2) is 4.79 Å². The third-order valence-corrected chi connectivity index (χ3v) is 21.3. The van der Waals surface area contributed by atoms with Crippen molar-refractivity contribution in [1.82, 2.24) is 84.4 Å². The SMILES string of the molecule is CC(C)C[C@H](NC(=O)[C@H](CO)NC(=O)[C@H](Cc1ccccc1)NC(=O)[C@H](Cc1c[nH]c2ccccc12)NC(=O)CNC(=O)CNC(=O)OCC1c2ccccc2-c2ccccc21)C(=O)N[C@@H](CCC(=O)O)C(=O)N[C@@H](Cc1c[nH]c2ccccc12)C(=O)N[C@H](C(=O)NCC(=O)N[C@@H](Cc1ccc(O)cc1)C(=O)N[C@@H](CO)C(=O)N[C@@H](CS)C(=O)N[C@@H](C)CN)[C@@H](C)O. The summed E-state index contributed by atoms with van der Waals surface area (Å²) in [5.74, 6) is -15.6. The van der Waals surface area contributed by atoms with E-state index >= 15 is 0 Å². The molecule has 0 aliphatic heterocycles. The van der Waals surface area contributed by atoms with Gasteiger partial charge in [-0.2, -0.15) is 12.6 Å². The van der Waals surface area contributed by atoms with Crippen molar-refractivity contribution in [1.29, 1.82) is 0 Å². The molecule has 23 N–H and O–H groups in total. The summed E-state index contributed by atoms with van der Waals surface area (Å²) in [6, 6.07) is 26.2. The van der Waals surface area contributed by atoms with Gasteiger partial charge in [-0.15, -0.1) is 0 Å². The fourth-order valence-corrected chi connectivity index (χ4v) is 14.5. The lowest BCUT2D eigenvalue weighted by atomic mass is 9.98. The largest absolute Gasteiger partial charge is 0.508 e. The van der Waals surface area contributed by atoms with Crippen LogP contribution in [-0.4, -0.2) is 249 Å².